The molecule has 8 nitrogen and oxygen atoms in total. The van der Waals surface area contributed by atoms with Gasteiger partial charge in [-0.15, -0.1) is 0 Å². The van der Waals surface area contributed by atoms with Crippen LogP contribution in [0.25, 0.3) is 0 Å². The number of rotatable bonds is 5. The van der Waals surface area contributed by atoms with Crippen molar-refractivity contribution in [3.63, 3.8) is 0 Å². The zero-order valence-corrected chi connectivity index (χ0v) is 12.4. The number of carboxylic acids is 1. The number of urea groups is 1. The van der Waals surface area contributed by atoms with Crippen LogP contribution in [0.2, 0.25) is 0 Å². The van der Waals surface area contributed by atoms with E-state index in [1.807, 2.05) is 13.8 Å². The quantitative estimate of drug-likeness (QED) is 0.615. The Labute approximate surface area is 122 Å². The van der Waals surface area contributed by atoms with Crippen molar-refractivity contribution in [2.24, 2.45) is 5.92 Å². The number of carbonyl (C=O) groups excluding carboxylic acids is 3. The summed E-state index contributed by atoms with van der Waals surface area (Å²) in [5.41, 5.74) is 0. The maximum atomic E-state index is 12.2. The lowest BCUT2D eigenvalue weighted by Gasteiger charge is -2.34. The first-order valence-corrected chi connectivity index (χ1v) is 6.89. The Hall–Kier alpha value is -2.12. The van der Waals surface area contributed by atoms with Gasteiger partial charge in [-0.05, 0) is 18.8 Å². The fourth-order valence-electron chi connectivity index (χ4n) is 2.21. The van der Waals surface area contributed by atoms with Crippen LogP contribution in [0, 0.1) is 5.92 Å². The summed E-state index contributed by atoms with van der Waals surface area (Å²) in [7, 11) is 0. The topological polar surface area (TPSA) is 116 Å². The van der Waals surface area contributed by atoms with Crippen LogP contribution in [-0.4, -0.2) is 52.4 Å². The molecule has 0 spiro atoms. The molecular formula is C13H21N3O5. The van der Waals surface area contributed by atoms with Crippen molar-refractivity contribution in [3.05, 3.63) is 0 Å². The lowest BCUT2D eigenvalue weighted by molar-refractivity contribution is -0.139. The van der Waals surface area contributed by atoms with E-state index in [0.717, 1.165) is 4.90 Å². The number of carboxylic acid groups (broad SMARTS) is 1. The van der Waals surface area contributed by atoms with Gasteiger partial charge >= 0.3 is 12.0 Å². The molecular weight excluding hydrogens is 278 g/mol. The molecule has 21 heavy (non-hydrogen) atoms. The number of amides is 4. The fraction of sp³-hybridized carbons (Fsp3) is 0.692. The molecule has 1 aliphatic heterocycles. The molecule has 118 valence electrons. The van der Waals surface area contributed by atoms with Crippen molar-refractivity contribution >= 4 is 23.8 Å². The molecule has 1 saturated heterocycles. The van der Waals surface area contributed by atoms with Crippen molar-refractivity contribution < 1.29 is 24.3 Å². The van der Waals surface area contributed by atoms with E-state index in [1.165, 1.54) is 0 Å². The summed E-state index contributed by atoms with van der Waals surface area (Å²) in [5, 5.41) is 13.7. The monoisotopic (exact) mass is 299 g/mol. The summed E-state index contributed by atoms with van der Waals surface area (Å²) >= 11 is 0. The van der Waals surface area contributed by atoms with Crippen molar-refractivity contribution in [2.45, 2.75) is 45.7 Å². The third-order valence-electron chi connectivity index (χ3n) is 3.21. The Balaban J connectivity index is 2.81. The Morgan fingerprint density at radius 1 is 1.43 bits per heavy atom. The summed E-state index contributed by atoms with van der Waals surface area (Å²) in [6, 6.07) is -2.52. The number of carbonyl (C=O) groups is 4. The van der Waals surface area contributed by atoms with Gasteiger partial charge in [-0.1, -0.05) is 20.8 Å². The van der Waals surface area contributed by atoms with E-state index >= 15 is 0 Å². The summed E-state index contributed by atoms with van der Waals surface area (Å²) < 4.78 is 0. The van der Waals surface area contributed by atoms with Crippen LogP contribution in [0.5, 0.6) is 0 Å². The average Bonchev–Trinajstić information content (AvgIpc) is 2.36. The van der Waals surface area contributed by atoms with Crippen LogP contribution in [0.15, 0.2) is 0 Å². The molecule has 1 rings (SSSR count). The van der Waals surface area contributed by atoms with Crippen molar-refractivity contribution in [1.82, 2.24) is 15.5 Å². The Bertz CT molecular complexity index is 449. The first-order chi connectivity index (χ1) is 9.76. The van der Waals surface area contributed by atoms with Crippen LogP contribution >= 0.6 is 0 Å². The van der Waals surface area contributed by atoms with Crippen molar-refractivity contribution in [1.29, 1.82) is 0 Å². The normalized spacial score (nSPS) is 20.2. The lowest BCUT2D eigenvalue weighted by atomic mass is 10.0. The van der Waals surface area contributed by atoms with Crippen LogP contribution in [0.3, 0.4) is 0 Å². The summed E-state index contributed by atoms with van der Waals surface area (Å²) in [6.07, 6.45) is 0.611. The molecule has 1 fully saturated rings. The van der Waals surface area contributed by atoms with E-state index < -0.39 is 35.9 Å². The van der Waals surface area contributed by atoms with E-state index in [1.54, 1.807) is 6.92 Å². The molecule has 2 atom stereocenters. The van der Waals surface area contributed by atoms with Crippen LogP contribution in [0.4, 0.5) is 4.79 Å². The molecule has 8 heteroatoms. The second-order valence-corrected chi connectivity index (χ2v) is 5.43. The molecule has 0 aromatic carbocycles. The standard InChI is InChI=1S/C13H21N3O5/c1-4-9-11(18)15-10(17)6-16(9)13(21)14-8(12(19)20)5-7(2)3/h7-9H,4-6H2,1-3H3,(H,14,21)(H,19,20)(H,15,17,18)/t8-,9?/m1/s1. The number of piperazine rings is 1. The fourth-order valence-corrected chi connectivity index (χ4v) is 2.21. The Morgan fingerprint density at radius 3 is 2.52 bits per heavy atom. The van der Waals surface area contributed by atoms with Gasteiger partial charge in [0.15, 0.2) is 0 Å². The van der Waals surface area contributed by atoms with Gasteiger partial charge < -0.3 is 15.3 Å². The molecule has 0 aromatic rings. The van der Waals surface area contributed by atoms with E-state index in [2.05, 4.69) is 10.6 Å². The first-order valence-electron chi connectivity index (χ1n) is 6.89. The van der Waals surface area contributed by atoms with Crippen LogP contribution in [0.1, 0.15) is 33.6 Å². The maximum absolute atomic E-state index is 12.2. The second-order valence-electron chi connectivity index (χ2n) is 5.43. The third kappa shape index (κ3) is 4.44. The molecule has 3 N–H and O–H groups in total. The smallest absolute Gasteiger partial charge is 0.326 e. The number of nitrogens with zero attached hydrogens (tertiary/aromatic N) is 1. The van der Waals surface area contributed by atoms with E-state index in [-0.39, 0.29) is 18.9 Å². The zero-order chi connectivity index (χ0) is 16.2. The minimum atomic E-state index is -1.14. The highest BCUT2D eigenvalue weighted by atomic mass is 16.4. The molecule has 0 bridgehead atoms. The van der Waals surface area contributed by atoms with Gasteiger partial charge in [-0.3, -0.25) is 14.9 Å². The number of imide groups is 1. The molecule has 0 aliphatic carbocycles. The molecule has 4 amide bonds. The molecule has 0 aromatic heterocycles. The van der Waals surface area contributed by atoms with Crippen LogP contribution < -0.4 is 10.6 Å². The number of aliphatic carboxylic acids is 1. The van der Waals surface area contributed by atoms with Crippen molar-refractivity contribution in [3.8, 4) is 0 Å². The largest absolute Gasteiger partial charge is 0.480 e. The predicted molar refractivity (Wildman–Crippen MR) is 73.3 cm³/mol. The summed E-state index contributed by atoms with van der Waals surface area (Å²) in [5.74, 6) is -2.17. The van der Waals surface area contributed by atoms with Gasteiger partial charge in [-0.25, -0.2) is 9.59 Å². The maximum Gasteiger partial charge on any atom is 0.326 e. The molecule has 1 aliphatic rings. The van der Waals surface area contributed by atoms with Gasteiger partial charge in [0.1, 0.15) is 18.6 Å². The molecule has 1 unspecified atom stereocenters. The highest BCUT2D eigenvalue weighted by molar-refractivity contribution is 6.04. The van der Waals surface area contributed by atoms with E-state index in [4.69, 9.17) is 5.11 Å². The minimum absolute atomic E-state index is 0.0830. The number of hydrogen-bond acceptors (Lipinski definition) is 4. The zero-order valence-electron chi connectivity index (χ0n) is 12.4. The third-order valence-corrected chi connectivity index (χ3v) is 3.21. The lowest BCUT2D eigenvalue weighted by Crippen LogP contribution is -2.62. The average molecular weight is 299 g/mol. The highest BCUT2D eigenvalue weighted by Gasteiger charge is 2.36. The van der Waals surface area contributed by atoms with E-state index in [9.17, 15) is 19.2 Å². The van der Waals surface area contributed by atoms with Gasteiger partial charge in [0.25, 0.3) is 0 Å². The van der Waals surface area contributed by atoms with Crippen molar-refractivity contribution in [2.75, 3.05) is 6.54 Å². The number of nitrogens with one attached hydrogen (secondary N) is 2. The van der Waals surface area contributed by atoms with Crippen LogP contribution in [-0.2, 0) is 14.4 Å². The molecule has 1 heterocycles. The molecule has 0 radical (unpaired) electrons. The summed E-state index contributed by atoms with van der Waals surface area (Å²) in [6.45, 7) is 5.14. The SMILES string of the molecule is CCC1C(=O)NC(=O)CN1C(=O)N[C@H](CC(C)C)C(=O)O. The minimum Gasteiger partial charge on any atom is -0.480 e. The first kappa shape index (κ1) is 16.9. The van der Waals surface area contributed by atoms with E-state index in [0.29, 0.717) is 6.42 Å². The number of hydrogen-bond donors (Lipinski definition) is 3. The highest BCUT2D eigenvalue weighted by Crippen LogP contribution is 2.11. The predicted octanol–water partition coefficient (Wildman–Crippen LogP) is -0.0677. The molecule has 0 saturated carbocycles. The van der Waals surface area contributed by atoms with Gasteiger partial charge in [-0.2, -0.15) is 0 Å². The Morgan fingerprint density at radius 2 is 2.05 bits per heavy atom. The Kier molecular flexibility index (Phi) is 5.69. The second kappa shape index (κ2) is 7.05. The van der Waals surface area contributed by atoms with Gasteiger partial charge in [0.2, 0.25) is 11.8 Å². The summed E-state index contributed by atoms with van der Waals surface area (Å²) in [4.78, 5) is 47.5. The van der Waals surface area contributed by atoms with Gasteiger partial charge in [0, 0.05) is 0 Å². The van der Waals surface area contributed by atoms with Gasteiger partial charge in [0.05, 0.1) is 0 Å².